The van der Waals surface area contributed by atoms with Gasteiger partial charge >= 0.3 is 0 Å². The van der Waals surface area contributed by atoms with E-state index in [0.717, 1.165) is 55.5 Å². The van der Waals surface area contributed by atoms with Crippen LogP contribution in [0.25, 0.3) is 11.3 Å². The molecule has 1 unspecified atom stereocenters. The molecule has 0 bridgehead atoms. The molecule has 1 aromatic carbocycles. The van der Waals surface area contributed by atoms with Crippen LogP contribution in [0.5, 0.6) is 5.75 Å². The van der Waals surface area contributed by atoms with Crippen LogP contribution in [-0.4, -0.2) is 70.9 Å². The van der Waals surface area contributed by atoms with Crippen molar-refractivity contribution in [2.45, 2.75) is 57.0 Å². The molecule has 1 atom stereocenters. The highest BCUT2D eigenvalue weighted by Crippen LogP contribution is 2.44. The average molecular weight is 532 g/mol. The van der Waals surface area contributed by atoms with E-state index in [0.29, 0.717) is 36.0 Å². The number of anilines is 2. The minimum Gasteiger partial charge on any atom is -0.495 e. The van der Waals surface area contributed by atoms with Crippen molar-refractivity contribution in [1.29, 1.82) is 0 Å². The molecular weight excluding hydrogens is 494 g/mol. The summed E-state index contributed by atoms with van der Waals surface area (Å²) in [4.78, 5) is 28.9. The van der Waals surface area contributed by atoms with Crippen LogP contribution in [0.1, 0.15) is 60.6 Å². The number of aliphatic hydroxyl groups is 1. The molecule has 1 aliphatic carbocycles. The maximum absolute atomic E-state index is 13.1. The third kappa shape index (κ3) is 5.46. The molecule has 2 aliphatic rings. The highest BCUT2D eigenvalue weighted by molar-refractivity contribution is 5.95. The van der Waals surface area contributed by atoms with E-state index in [2.05, 4.69) is 23.3 Å². The Morgan fingerprint density at radius 1 is 1.18 bits per heavy atom. The van der Waals surface area contributed by atoms with Crippen molar-refractivity contribution in [2.75, 3.05) is 39.2 Å². The first-order chi connectivity index (χ1) is 19.0. The second-order valence-corrected chi connectivity index (χ2v) is 10.4. The number of aliphatic hydroxyl groups excluding tert-OH is 1. The van der Waals surface area contributed by atoms with Crippen molar-refractivity contribution >= 4 is 17.5 Å². The fourth-order valence-electron chi connectivity index (χ4n) is 5.91. The van der Waals surface area contributed by atoms with Gasteiger partial charge in [0, 0.05) is 56.0 Å². The number of hydrogen-bond donors (Lipinski definition) is 2. The molecule has 1 saturated heterocycles. The summed E-state index contributed by atoms with van der Waals surface area (Å²) in [5, 5.41) is 13.0. The number of amides is 1. The highest BCUT2D eigenvalue weighted by atomic mass is 16.5. The molecule has 9 nitrogen and oxygen atoms in total. The van der Waals surface area contributed by atoms with E-state index in [-0.39, 0.29) is 24.0 Å². The summed E-state index contributed by atoms with van der Waals surface area (Å²) in [7, 11) is 3.30. The van der Waals surface area contributed by atoms with Gasteiger partial charge in [-0.05, 0) is 79.8 Å². The third-order valence-corrected chi connectivity index (χ3v) is 8.36. The van der Waals surface area contributed by atoms with Crippen molar-refractivity contribution in [3.8, 4) is 17.0 Å². The zero-order chi connectivity index (χ0) is 27.4. The smallest absolute Gasteiger partial charge is 0.253 e. The number of carbonyl (C=O) groups excluding carboxylic acids is 1. The SMILES string of the molecule is CCC1(CCO)CCc2ncc(-c3ccnc(Nc4ccc(C(=O)N5CCC(OC)CC5)cc4OC)n3)cc21. The van der Waals surface area contributed by atoms with Crippen molar-refractivity contribution in [1.82, 2.24) is 19.9 Å². The summed E-state index contributed by atoms with van der Waals surface area (Å²) in [6.07, 6.45) is 9.13. The minimum atomic E-state index is -0.0343. The number of rotatable bonds is 9. The second-order valence-electron chi connectivity index (χ2n) is 10.4. The zero-order valence-electron chi connectivity index (χ0n) is 22.9. The van der Waals surface area contributed by atoms with Crippen LogP contribution in [0.4, 0.5) is 11.6 Å². The number of aromatic nitrogens is 3. The quantitative estimate of drug-likeness (QED) is 0.415. The number of hydrogen-bond acceptors (Lipinski definition) is 8. The lowest BCUT2D eigenvalue weighted by molar-refractivity contribution is 0.0350. The molecule has 5 rings (SSSR count). The Balaban J connectivity index is 1.35. The molecule has 3 heterocycles. The summed E-state index contributed by atoms with van der Waals surface area (Å²) < 4.78 is 11.0. The lowest BCUT2D eigenvalue weighted by atomic mass is 9.77. The largest absolute Gasteiger partial charge is 0.495 e. The molecule has 2 aromatic heterocycles. The lowest BCUT2D eigenvalue weighted by Gasteiger charge is -2.31. The third-order valence-electron chi connectivity index (χ3n) is 8.36. The second kappa shape index (κ2) is 11.7. The van der Waals surface area contributed by atoms with E-state index in [1.807, 2.05) is 23.2 Å². The number of benzene rings is 1. The Morgan fingerprint density at radius 2 is 2.00 bits per heavy atom. The Kier molecular flexibility index (Phi) is 8.09. The molecule has 1 fully saturated rings. The number of methoxy groups -OCH3 is 2. The van der Waals surface area contributed by atoms with E-state index < -0.39 is 0 Å². The summed E-state index contributed by atoms with van der Waals surface area (Å²) >= 11 is 0. The van der Waals surface area contributed by atoms with Gasteiger partial charge in [-0.15, -0.1) is 0 Å². The number of aryl methyl sites for hydroxylation is 1. The number of fused-ring (bicyclic) bond motifs is 1. The van der Waals surface area contributed by atoms with E-state index in [1.54, 1.807) is 32.5 Å². The van der Waals surface area contributed by atoms with Crippen molar-refractivity contribution in [2.24, 2.45) is 0 Å². The molecule has 0 radical (unpaired) electrons. The first-order valence-electron chi connectivity index (χ1n) is 13.7. The fourth-order valence-corrected chi connectivity index (χ4v) is 5.91. The molecule has 206 valence electrons. The van der Waals surface area contributed by atoms with Crippen molar-refractivity contribution < 1.29 is 19.4 Å². The van der Waals surface area contributed by atoms with Gasteiger partial charge in [-0.2, -0.15) is 0 Å². The van der Waals surface area contributed by atoms with Gasteiger partial charge in [0.1, 0.15) is 5.75 Å². The maximum Gasteiger partial charge on any atom is 0.253 e. The van der Waals surface area contributed by atoms with Crippen LogP contribution in [0.3, 0.4) is 0 Å². The summed E-state index contributed by atoms with van der Waals surface area (Å²) in [5.74, 6) is 0.947. The number of pyridine rings is 1. The monoisotopic (exact) mass is 531 g/mol. The first kappa shape index (κ1) is 27.0. The predicted molar refractivity (Wildman–Crippen MR) is 149 cm³/mol. The van der Waals surface area contributed by atoms with Crippen LogP contribution in [-0.2, 0) is 16.6 Å². The number of ether oxygens (including phenoxy) is 2. The van der Waals surface area contributed by atoms with Crippen molar-refractivity contribution in [3.63, 3.8) is 0 Å². The van der Waals surface area contributed by atoms with Gasteiger partial charge in [-0.25, -0.2) is 9.97 Å². The van der Waals surface area contributed by atoms with E-state index in [9.17, 15) is 9.90 Å². The minimum absolute atomic E-state index is 0.0129. The molecule has 0 saturated carbocycles. The van der Waals surface area contributed by atoms with Crippen LogP contribution in [0, 0.1) is 0 Å². The maximum atomic E-state index is 13.1. The van der Waals surface area contributed by atoms with Gasteiger partial charge in [0.15, 0.2) is 0 Å². The molecule has 3 aromatic rings. The fraction of sp³-hybridized carbons (Fsp3) is 0.467. The van der Waals surface area contributed by atoms with Gasteiger partial charge in [0.25, 0.3) is 5.91 Å². The van der Waals surface area contributed by atoms with Crippen LogP contribution in [0.15, 0.2) is 42.7 Å². The Bertz CT molecular complexity index is 1320. The van der Waals surface area contributed by atoms with Crippen LogP contribution in [0.2, 0.25) is 0 Å². The Hall–Kier alpha value is -3.56. The summed E-state index contributed by atoms with van der Waals surface area (Å²) in [6, 6.07) is 9.43. The topological polar surface area (TPSA) is 110 Å². The summed E-state index contributed by atoms with van der Waals surface area (Å²) in [6.45, 7) is 3.70. The number of carbonyl (C=O) groups is 1. The molecule has 2 N–H and O–H groups in total. The average Bonchev–Trinajstić information content (AvgIpc) is 3.35. The van der Waals surface area contributed by atoms with E-state index in [4.69, 9.17) is 19.4 Å². The highest BCUT2D eigenvalue weighted by Gasteiger charge is 2.37. The van der Waals surface area contributed by atoms with Gasteiger partial charge in [-0.1, -0.05) is 6.92 Å². The molecule has 9 heteroatoms. The molecular formula is C30H37N5O4. The predicted octanol–water partition coefficient (Wildman–Crippen LogP) is 4.52. The molecule has 1 aliphatic heterocycles. The van der Waals surface area contributed by atoms with Gasteiger partial charge < -0.3 is 24.8 Å². The number of nitrogens with one attached hydrogen (secondary N) is 1. The molecule has 39 heavy (non-hydrogen) atoms. The standard InChI is InChI=1S/C30H37N5O4/c1-4-30(12-16-36)11-7-25-23(30)17-21(19-32-25)24-8-13-31-29(33-24)34-26-6-5-20(18-27(26)39-3)28(37)35-14-9-22(38-2)10-15-35/h5-6,8,13,17-19,22,36H,4,7,9-12,14-16H2,1-3H3,(H,31,33,34). The zero-order valence-corrected chi connectivity index (χ0v) is 22.9. The van der Waals surface area contributed by atoms with Crippen molar-refractivity contribution in [3.05, 3.63) is 59.5 Å². The van der Waals surface area contributed by atoms with Crippen LogP contribution >= 0.6 is 0 Å². The van der Waals surface area contributed by atoms with Gasteiger partial charge in [0.05, 0.1) is 24.6 Å². The Labute approximate surface area is 229 Å². The van der Waals surface area contributed by atoms with Gasteiger partial charge in [0.2, 0.25) is 5.95 Å². The van der Waals surface area contributed by atoms with E-state index >= 15 is 0 Å². The lowest BCUT2D eigenvalue weighted by Crippen LogP contribution is -2.40. The summed E-state index contributed by atoms with van der Waals surface area (Å²) in [5.41, 5.74) is 5.23. The van der Waals surface area contributed by atoms with Gasteiger partial charge in [-0.3, -0.25) is 9.78 Å². The van der Waals surface area contributed by atoms with Crippen LogP contribution < -0.4 is 10.1 Å². The number of piperidine rings is 1. The normalized spacial score (nSPS) is 19.1. The Morgan fingerprint density at radius 3 is 2.72 bits per heavy atom. The number of likely N-dealkylation sites (tertiary alicyclic amines) is 1. The molecule has 1 amide bonds. The van der Waals surface area contributed by atoms with E-state index in [1.165, 1.54) is 5.56 Å². The number of nitrogens with zero attached hydrogens (tertiary/aromatic N) is 4. The molecule has 0 spiro atoms. The first-order valence-corrected chi connectivity index (χ1v) is 13.7.